The van der Waals surface area contributed by atoms with Crippen LogP contribution in [-0.2, 0) is 10.2 Å². The summed E-state index contributed by atoms with van der Waals surface area (Å²) >= 11 is 0. The van der Waals surface area contributed by atoms with Crippen LogP contribution >= 0.6 is 0 Å². The summed E-state index contributed by atoms with van der Waals surface area (Å²) in [4.78, 5) is 12.8. The summed E-state index contributed by atoms with van der Waals surface area (Å²) in [5.74, 6) is 3.53. The van der Waals surface area contributed by atoms with Gasteiger partial charge in [-0.05, 0) is 104 Å². The van der Waals surface area contributed by atoms with Crippen molar-refractivity contribution < 1.29 is 9.53 Å². The number of hydrogen-bond donors (Lipinski definition) is 1. The predicted molar refractivity (Wildman–Crippen MR) is 121 cm³/mol. The molecule has 0 radical (unpaired) electrons. The number of rotatable bonds is 6. The van der Waals surface area contributed by atoms with Crippen molar-refractivity contribution in [3.63, 3.8) is 0 Å². The standard InChI is InChI=1S/C27H33NO2/c1-3-24(30-25-7-5-4-6-18(25)2)26(29)28-23-10-8-22(9-11-23)27-15-19-12-20(16-27)14-21(13-19)17-27/h4-11,19-21,24H,3,12-17H2,1-2H3,(H,28,29)/t19?,20?,21?,24-,27?/m0/s1. The molecule has 2 aromatic carbocycles. The summed E-state index contributed by atoms with van der Waals surface area (Å²) in [5.41, 5.74) is 3.80. The highest BCUT2D eigenvalue weighted by molar-refractivity contribution is 5.94. The van der Waals surface area contributed by atoms with Gasteiger partial charge in [-0.2, -0.15) is 0 Å². The second-order valence-corrected chi connectivity index (χ2v) is 10.0. The normalized spacial score (nSPS) is 30.1. The fraction of sp³-hybridized carbons (Fsp3) is 0.519. The minimum Gasteiger partial charge on any atom is -0.480 e. The first-order valence-electron chi connectivity index (χ1n) is 11.7. The van der Waals surface area contributed by atoms with Crippen molar-refractivity contribution in [2.45, 2.75) is 70.3 Å². The third kappa shape index (κ3) is 3.64. The number of para-hydroxylation sites is 1. The molecule has 0 saturated heterocycles. The van der Waals surface area contributed by atoms with Gasteiger partial charge < -0.3 is 10.1 Å². The molecule has 0 aliphatic heterocycles. The third-order valence-corrected chi connectivity index (χ3v) is 7.83. The van der Waals surface area contributed by atoms with Crippen molar-refractivity contribution in [3.05, 3.63) is 59.7 Å². The fourth-order valence-electron chi connectivity index (χ4n) is 6.76. The second-order valence-electron chi connectivity index (χ2n) is 10.0. The van der Waals surface area contributed by atoms with Crippen LogP contribution in [0.5, 0.6) is 5.75 Å². The molecule has 6 rings (SSSR count). The van der Waals surface area contributed by atoms with Gasteiger partial charge in [-0.1, -0.05) is 37.3 Å². The van der Waals surface area contributed by atoms with Gasteiger partial charge in [0, 0.05) is 5.69 Å². The highest BCUT2D eigenvalue weighted by Gasteiger charge is 2.51. The van der Waals surface area contributed by atoms with Gasteiger partial charge in [-0.25, -0.2) is 0 Å². The molecule has 158 valence electrons. The van der Waals surface area contributed by atoms with Crippen LogP contribution in [0, 0.1) is 24.7 Å². The van der Waals surface area contributed by atoms with Crippen molar-refractivity contribution in [3.8, 4) is 5.75 Å². The molecule has 4 bridgehead atoms. The van der Waals surface area contributed by atoms with Gasteiger partial charge in [-0.15, -0.1) is 0 Å². The fourth-order valence-corrected chi connectivity index (χ4v) is 6.76. The van der Waals surface area contributed by atoms with Crippen LogP contribution in [0.2, 0.25) is 0 Å². The maximum atomic E-state index is 12.8. The zero-order chi connectivity index (χ0) is 20.7. The molecule has 1 N–H and O–H groups in total. The maximum absolute atomic E-state index is 12.8. The number of ether oxygens (including phenoxy) is 1. The average molecular weight is 404 g/mol. The van der Waals surface area contributed by atoms with Gasteiger partial charge in [0.05, 0.1) is 0 Å². The highest BCUT2D eigenvalue weighted by Crippen LogP contribution is 2.60. The van der Waals surface area contributed by atoms with Gasteiger partial charge >= 0.3 is 0 Å². The number of hydrogen-bond acceptors (Lipinski definition) is 2. The lowest BCUT2D eigenvalue weighted by atomic mass is 9.48. The van der Waals surface area contributed by atoms with E-state index in [0.717, 1.165) is 34.8 Å². The molecule has 2 aromatic rings. The van der Waals surface area contributed by atoms with E-state index in [1.54, 1.807) is 0 Å². The van der Waals surface area contributed by atoms with Crippen LogP contribution in [0.4, 0.5) is 5.69 Å². The number of carbonyl (C=O) groups excluding carboxylic acids is 1. The smallest absolute Gasteiger partial charge is 0.265 e. The first kappa shape index (κ1) is 19.7. The van der Waals surface area contributed by atoms with Crippen LogP contribution in [0.3, 0.4) is 0 Å². The lowest BCUT2D eigenvalue weighted by Gasteiger charge is -2.57. The number of aryl methyl sites for hydroxylation is 1. The summed E-state index contributed by atoms with van der Waals surface area (Å²) in [6.45, 7) is 3.99. The molecule has 1 amide bonds. The Morgan fingerprint density at radius 2 is 1.60 bits per heavy atom. The topological polar surface area (TPSA) is 38.3 Å². The molecule has 0 unspecified atom stereocenters. The molecule has 4 aliphatic rings. The van der Waals surface area contributed by atoms with E-state index in [1.807, 2.05) is 38.1 Å². The largest absolute Gasteiger partial charge is 0.480 e. The minimum absolute atomic E-state index is 0.0803. The molecule has 1 atom stereocenters. The zero-order valence-electron chi connectivity index (χ0n) is 18.2. The quantitative estimate of drug-likeness (QED) is 0.618. The van der Waals surface area contributed by atoms with E-state index in [4.69, 9.17) is 4.74 Å². The molecule has 0 heterocycles. The second kappa shape index (κ2) is 7.76. The van der Waals surface area contributed by atoms with E-state index < -0.39 is 6.10 Å². The number of carbonyl (C=O) groups is 1. The van der Waals surface area contributed by atoms with Crippen LogP contribution in [0.15, 0.2) is 48.5 Å². The number of anilines is 1. The van der Waals surface area contributed by atoms with Crippen LogP contribution in [0.25, 0.3) is 0 Å². The first-order valence-corrected chi connectivity index (χ1v) is 11.7. The lowest BCUT2D eigenvalue weighted by Crippen LogP contribution is -2.48. The van der Waals surface area contributed by atoms with E-state index in [-0.39, 0.29) is 5.91 Å². The van der Waals surface area contributed by atoms with E-state index in [1.165, 1.54) is 44.1 Å². The molecular formula is C27H33NO2. The lowest BCUT2D eigenvalue weighted by molar-refractivity contribution is -0.122. The van der Waals surface area contributed by atoms with Crippen LogP contribution in [0.1, 0.15) is 63.0 Å². The Labute approximate surface area is 180 Å². The van der Waals surface area contributed by atoms with Crippen molar-refractivity contribution in [1.29, 1.82) is 0 Å². The minimum atomic E-state index is -0.492. The Kier molecular flexibility index (Phi) is 5.08. The summed E-state index contributed by atoms with van der Waals surface area (Å²) in [6, 6.07) is 16.6. The number of amides is 1. The molecular weight excluding hydrogens is 370 g/mol. The average Bonchev–Trinajstić information content (AvgIpc) is 2.72. The van der Waals surface area contributed by atoms with Crippen molar-refractivity contribution >= 4 is 11.6 Å². The molecule has 3 nitrogen and oxygen atoms in total. The molecule has 4 aliphatic carbocycles. The number of benzene rings is 2. The van der Waals surface area contributed by atoms with Gasteiger partial charge in [0.25, 0.3) is 5.91 Å². The first-order chi connectivity index (χ1) is 14.5. The van der Waals surface area contributed by atoms with E-state index in [0.29, 0.717) is 11.8 Å². The van der Waals surface area contributed by atoms with Crippen molar-refractivity contribution in [2.24, 2.45) is 17.8 Å². The van der Waals surface area contributed by atoms with E-state index in [2.05, 4.69) is 29.6 Å². The Bertz CT molecular complexity index is 881. The summed E-state index contributed by atoms with van der Waals surface area (Å²) in [6.07, 6.45) is 8.64. The van der Waals surface area contributed by atoms with E-state index in [9.17, 15) is 4.79 Å². The van der Waals surface area contributed by atoms with Crippen molar-refractivity contribution in [1.82, 2.24) is 0 Å². The van der Waals surface area contributed by atoms with Gasteiger partial charge in [-0.3, -0.25) is 4.79 Å². The Hall–Kier alpha value is -2.29. The molecule has 4 saturated carbocycles. The number of nitrogens with one attached hydrogen (secondary N) is 1. The monoisotopic (exact) mass is 403 g/mol. The SMILES string of the molecule is CC[C@H](Oc1ccccc1C)C(=O)Nc1ccc(C23CC4CC(CC(C4)C2)C3)cc1. The van der Waals surface area contributed by atoms with Crippen molar-refractivity contribution in [2.75, 3.05) is 5.32 Å². The van der Waals surface area contributed by atoms with Crippen LogP contribution in [-0.4, -0.2) is 12.0 Å². The Balaban J connectivity index is 1.27. The molecule has 30 heavy (non-hydrogen) atoms. The summed E-state index contributed by atoms with van der Waals surface area (Å²) in [7, 11) is 0. The summed E-state index contributed by atoms with van der Waals surface area (Å²) < 4.78 is 6.00. The molecule has 4 fully saturated rings. The summed E-state index contributed by atoms with van der Waals surface area (Å²) in [5, 5.41) is 3.07. The Morgan fingerprint density at radius 1 is 1.00 bits per heavy atom. The van der Waals surface area contributed by atoms with Crippen LogP contribution < -0.4 is 10.1 Å². The maximum Gasteiger partial charge on any atom is 0.265 e. The Morgan fingerprint density at radius 3 is 2.17 bits per heavy atom. The zero-order valence-corrected chi connectivity index (χ0v) is 18.2. The molecule has 0 aromatic heterocycles. The van der Waals surface area contributed by atoms with E-state index >= 15 is 0 Å². The van der Waals surface area contributed by atoms with Gasteiger partial charge in [0.15, 0.2) is 6.10 Å². The predicted octanol–water partition coefficient (Wildman–Crippen LogP) is 6.26. The highest BCUT2D eigenvalue weighted by atomic mass is 16.5. The van der Waals surface area contributed by atoms with Gasteiger partial charge in [0.2, 0.25) is 0 Å². The third-order valence-electron chi connectivity index (χ3n) is 7.83. The van der Waals surface area contributed by atoms with Gasteiger partial charge in [0.1, 0.15) is 5.75 Å². The molecule has 0 spiro atoms. The molecule has 3 heteroatoms.